The number of hydrogen-bond donors (Lipinski definition) is 0. The van der Waals surface area contributed by atoms with E-state index in [4.69, 9.17) is 4.74 Å². The average molecular weight is 340 g/mol. The smallest absolute Gasteiger partial charge is 0.293 e. The summed E-state index contributed by atoms with van der Waals surface area (Å²) in [5.41, 5.74) is 2.07. The van der Waals surface area contributed by atoms with E-state index in [1.165, 1.54) is 11.6 Å². The molecule has 0 saturated carbocycles. The van der Waals surface area contributed by atoms with Gasteiger partial charge in [0.05, 0.1) is 12.0 Å². The van der Waals surface area contributed by atoms with Crippen molar-refractivity contribution in [2.24, 2.45) is 0 Å². The Hall–Kier alpha value is -2.89. The van der Waals surface area contributed by atoms with E-state index in [1.54, 1.807) is 19.2 Å². The minimum absolute atomic E-state index is 0.0136. The Morgan fingerprint density at radius 1 is 1.20 bits per heavy atom. The van der Waals surface area contributed by atoms with Gasteiger partial charge in [-0.25, -0.2) is 0 Å². The molecule has 6 heteroatoms. The van der Waals surface area contributed by atoms with Gasteiger partial charge in [-0.05, 0) is 42.5 Å². The van der Waals surface area contributed by atoms with E-state index < -0.39 is 4.92 Å². The zero-order valence-corrected chi connectivity index (χ0v) is 14.1. The molecule has 0 aromatic heterocycles. The van der Waals surface area contributed by atoms with Gasteiger partial charge in [0, 0.05) is 24.7 Å². The van der Waals surface area contributed by atoms with Gasteiger partial charge in [-0.3, -0.25) is 14.9 Å². The van der Waals surface area contributed by atoms with Crippen molar-refractivity contribution in [3.8, 4) is 5.75 Å². The van der Waals surface area contributed by atoms with Crippen LogP contribution in [0.2, 0.25) is 0 Å². The van der Waals surface area contributed by atoms with Crippen molar-refractivity contribution in [2.75, 3.05) is 25.1 Å². The van der Waals surface area contributed by atoms with Crippen LogP contribution < -0.4 is 9.64 Å². The first kappa shape index (κ1) is 17.0. The third-order valence-corrected chi connectivity index (χ3v) is 4.75. The maximum Gasteiger partial charge on any atom is 0.293 e. The third-order valence-electron chi connectivity index (χ3n) is 4.75. The average Bonchev–Trinajstić information content (AvgIpc) is 2.67. The van der Waals surface area contributed by atoms with Crippen molar-refractivity contribution >= 4 is 17.7 Å². The fourth-order valence-corrected chi connectivity index (χ4v) is 3.46. The van der Waals surface area contributed by atoms with E-state index in [1.807, 2.05) is 23.1 Å². The van der Waals surface area contributed by atoms with Gasteiger partial charge in [-0.1, -0.05) is 18.2 Å². The monoisotopic (exact) mass is 340 g/mol. The zero-order valence-electron chi connectivity index (χ0n) is 14.1. The summed E-state index contributed by atoms with van der Waals surface area (Å²) in [5, 5.41) is 11.3. The SMILES string of the molecule is COc1ccccc1C1CCN(c2ccc(C=O)cc2[N+](=O)[O-])CC1. The Bertz CT molecular complexity index is 783. The molecule has 1 aliphatic heterocycles. The maximum atomic E-state index is 11.3. The fraction of sp³-hybridized carbons (Fsp3) is 0.316. The van der Waals surface area contributed by atoms with Crippen LogP contribution in [0, 0.1) is 10.1 Å². The van der Waals surface area contributed by atoms with Crippen LogP contribution in [0.25, 0.3) is 0 Å². The van der Waals surface area contributed by atoms with Crippen LogP contribution in [-0.4, -0.2) is 31.4 Å². The number of para-hydroxylation sites is 1. The largest absolute Gasteiger partial charge is 0.496 e. The first-order valence-corrected chi connectivity index (χ1v) is 8.25. The number of methoxy groups -OCH3 is 1. The van der Waals surface area contributed by atoms with Crippen molar-refractivity contribution in [3.05, 3.63) is 63.7 Å². The summed E-state index contributed by atoms with van der Waals surface area (Å²) in [6, 6.07) is 12.6. The molecule has 25 heavy (non-hydrogen) atoms. The molecule has 130 valence electrons. The topological polar surface area (TPSA) is 72.7 Å². The molecule has 3 rings (SSSR count). The second kappa shape index (κ2) is 7.34. The quantitative estimate of drug-likeness (QED) is 0.470. The van der Waals surface area contributed by atoms with Gasteiger partial charge in [0.15, 0.2) is 0 Å². The lowest BCUT2D eigenvalue weighted by molar-refractivity contribution is -0.384. The Balaban J connectivity index is 1.79. The molecule has 0 radical (unpaired) electrons. The number of carbonyl (C=O) groups is 1. The Labute approximate surface area is 146 Å². The molecule has 1 fully saturated rings. The third kappa shape index (κ3) is 3.47. The summed E-state index contributed by atoms with van der Waals surface area (Å²) in [7, 11) is 1.67. The highest BCUT2D eigenvalue weighted by Crippen LogP contribution is 2.37. The van der Waals surface area contributed by atoms with E-state index in [0.29, 0.717) is 23.5 Å². The molecule has 2 aromatic carbocycles. The molecule has 0 spiro atoms. The predicted molar refractivity (Wildman–Crippen MR) is 95.7 cm³/mol. The Morgan fingerprint density at radius 2 is 1.92 bits per heavy atom. The summed E-state index contributed by atoms with van der Waals surface area (Å²) in [5.74, 6) is 1.27. The molecule has 2 aromatic rings. The van der Waals surface area contributed by atoms with Crippen LogP contribution >= 0.6 is 0 Å². The summed E-state index contributed by atoms with van der Waals surface area (Å²) < 4.78 is 5.45. The van der Waals surface area contributed by atoms with Crippen molar-refractivity contribution in [1.82, 2.24) is 0 Å². The van der Waals surface area contributed by atoms with E-state index >= 15 is 0 Å². The number of benzene rings is 2. The lowest BCUT2D eigenvalue weighted by Gasteiger charge is -2.34. The number of rotatable bonds is 5. The van der Waals surface area contributed by atoms with Crippen LogP contribution in [0.3, 0.4) is 0 Å². The lowest BCUT2D eigenvalue weighted by atomic mass is 9.88. The standard InChI is InChI=1S/C19H20N2O4/c1-25-19-5-3-2-4-16(19)15-8-10-20(11-9-15)17-7-6-14(13-22)12-18(17)21(23)24/h2-7,12-13,15H,8-11H2,1H3. The van der Waals surface area contributed by atoms with Gasteiger partial charge < -0.3 is 9.64 Å². The Kier molecular flexibility index (Phi) is 4.97. The molecule has 0 bridgehead atoms. The number of carbonyl (C=O) groups excluding carboxylic acids is 1. The Morgan fingerprint density at radius 3 is 2.56 bits per heavy atom. The van der Waals surface area contributed by atoms with E-state index in [-0.39, 0.29) is 5.69 Å². The molecular weight excluding hydrogens is 320 g/mol. The number of aldehydes is 1. The first-order chi connectivity index (χ1) is 12.1. The minimum atomic E-state index is -0.422. The van der Waals surface area contributed by atoms with Crippen molar-refractivity contribution < 1.29 is 14.5 Å². The number of nitro groups is 1. The van der Waals surface area contributed by atoms with Gasteiger partial charge in [-0.15, -0.1) is 0 Å². The van der Waals surface area contributed by atoms with Crippen molar-refractivity contribution in [1.29, 1.82) is 0 Å². The number of ether oxygens (including phenoxy) is 1. The van der Waals surface area contributed by atoms with Gasteiger partial charge in [0.1, 0.15) is 17.7 Å². The molecule has 0 aliphatic carbocycles. The maximum absolute atomic E-state index is 11.3. The zero-order chi connectivity index (χ0) is 17.8. The molecule has 1 aliphatic rings. The van der Waals surface area contributed by atoms with Crippen LogP contribution in [0.5, 0.6) is 5.75 Å². The molecule has 1 saturated heterocycles. The number of hydrogen-bond acceptors (Lipinski definition) is 5. The van der Waals surface area contributed by atoms with Crippen LogP contribution in [0.1, 0.15) is 34.7 Å². The first-order valence-electron chi connectivity index (χ1n) is 8.25. The molecular formula is C19H20N2O4. The molecule has 1 heterocycles. The number of piperidine rings is 1. The molecule has 0 amide bonds. The highest BCUT2D eigenvalue weighted by Gasteiger charge is 2.27. The van der Waals surface area contributed by atoms with Crippen molar-refractivity contribution in [3.63, 3.8) is 0 Å². The van der Waals surface area contributed by atoms with Gasteiger partial charge in [-0.2, -0.15) is 0 Å². The minimum Gasteiger partial charge on any atom is -0.496 e. The van der Waals surface area contributed by atoms with Crippen LogP contribution in [0.15, 0.2) is 42.5 Å². The van der Waals surface area contributed by atoms with Crippen LogP contribution in [-0.2, 0) is 0 Å². The van der Waals surface area contributed by atoms with Gasteiger partial charge in [0.25, 0.3) is 5.69 Å². The summed E-state index contributed by atoms with van der Waals surface area (Å²) in [6.45, 7) is 1.45. The number of nitro benzene ring substituents is 1. The fourth-order valence-electron chi connectivity index (χ4n) is 3.46. The van der Waals surface area contributed by atoms with Crippen LogP contribution in [0.4, 0.5) is 11.4 Å². The normalized spacial score (nSPS) is 15.0. The predicted octanol–water partition coefficient (Wildman–Crippen LogP) is 3.80. The van der Waals surface area contributed by atoms with Crippen molar-refractivity contribution in [2.45, 2.75) is 18.8 Å². The summed E-state index contributed by atoms with van der Waals surface area (Å²) in [4.78, 5) is 23.8. The van der Waals surface area contributed by atoms with Gasteiger partial charge in [0.2, 0.25) is 0 Å². The van der Waals surface area contributed by atoms with E-state index in [9.17, 15) is 14.9 Å². The second-order valence-electron chi connectivity index (χ2n) is 6.13. The number of nitrogens with zero attached hydrogens (tertiary/aromatic N) is 2. The van der Waals surface area contributed by atoms with Gasteiger partial charge >= 0.3 is 0 Å². The highest BCUT2D eigenvalue weighted by atomic mass is 16.6. The van der Waals surface area contributed by atoms with E-state index in [2.05, 4.69) is 6.07 Å². The summed E-state index contributed by atoms with van der Waals surface area (Å²) >= 11 is 0. The second-order valence-corrected chi connectivity index (χ2v) is 6.13. The molecule has 0 N–H and O–H groups in total. The summed E-state index contributed by atoms with van der Waals surface area (Å²) in [6.07, 6.45) is 2.42. The van der Waals surface area contributed by atoms with E-state index in [0.717, 1.165) is 31.7 Å². The molecule has 0 unspecified atom stereocenters. The number of anilines is 1. The molecule has 0 atom stereocenters. The molecule has 6 nitrogen and oxygen atoms in total. The lowest BCUT2D eigenvalue weighted by Crippen LogP contribution is -2.33. The highest BCUT2D eigenvalue weighted by molar-refractivity contribution is 5.79.